The lowest BCUT2D eigenvalue weighted by atomic mass is 10.1. The van der Waals surface area contributed by atoms with Gasteiger partial charge in [-0.3, -0.25) is 4.90 Å². The fourth-order valence-corrected chi connectivity index (χ4v) is 5.57. The van der Waals surface area contributed by atoms with Crippen molar-refractivity contribution in [3.63, 3.8) is 0 Å². The average Bonchev–Trinajstić information content (AvgIpc) is 3.02. The molecule has 0 aromatic heterocycles. The molecule has 0 radical (unpaired) electrons. The van der Waals surface area contributed by atoms with E-state index in [9.17, 15) is 30.0 Å². The Labute approximate surface area is 192 Å². The minimum Gasteiger partial charge on any atom is -0.295 e. The SMILES string of the molecule is CS(=O)(=O)c1ccc(C(CNS(=O)(=O)c2ccc(C(F)(F)F)cc2)N2CCCCCC2)cc1. The first-order valence-electron chi connectivity index (χ1n) is 10.6. The van der Waals surface area contributed by atoms with Crippen LogP contribution in [0.2, 0.25) is 0 Å². The minimum atomic E-state index is -4.55. The van der Waals surface area contributed by atoms with Crippen molar-refractivity contribution in [2.75, 3.05) is 25.9 Å². The van der Waals surface area contributed by atoms with E-state index in [2.05, 4.69) is 9.62 Å². The largest absolute Gasteiger partial charge is 0.416 e. The predicted molar refractivity (Wildman–Crippen MR) is 119 cm³/mol. The Hall–Kier alpha value is -1.95. The van der Waals surface area contributed by atoms with Gasteiger partial charge in [0.05, 0.1) is 15.4 Å². The molecule has 1 unspecified atom stereocenters. The maximum Gasteiger partial charge on any atom is 0.416 e. The van der Waals surface area contributed by atoms with Crippen LogP contribution in [-0.4, -0.2) is 47.6 Å². The quantitative estimate of drug-likeness (QED) is 0.616. The maximum absolute atomic E-state index is 12.8. The molecular formula is C22H27F3N2O4S2. The van der Waals surface area contributed by atoms with Gasteiger partial charge in [0.15, 0.2) is 9.84 Å². The van der Waals surface area contributed by atoms with Crippen LogP contribution in [0, 0.1) is 0 Å². The van der Waals surface area contributed by atoms with Crippen molar-refractivity contribution in [2.24, 2.45) is 0 Å². The smallest absolute Gasteiger partial charge is 0.295 e. The molecule has 0 bridgehead atoms. The monoisotopic (exact) mass is 504 g/mol. The molecule has 2 aromatic rings. The van der Waals surface area contributed by atoms with Crippen LogP contribution in [0.5, 0.6) is 0 Å². The molecule has 1 atom stereocenters. The second-order valence-electron chi connectivity index (χ2n) is 8.18. The zero-order valence-electron chi connectivity index (χ0n) is 18.2. The number of nitrogens with one attached hydrogen (secondary N) is 1. The highest BCUT2D eigenvalue weighted by molar-refractivity contribution is 7.90. The molecule has 1 N–H and O–H groups in total. The lowest BCUT2D eigenvalue weighted by Crippen LogP contribution is -2.38. The van der Waals surface area contributed by atoms with Gasteiger partial charge in [0, 0.05) is 18.8 Å². The van der Waals surface area contributed by atoms with Gasteiger partial charge in [-0.05, 0) is 67.9 Å². The van der Waals surface area contributed by atoms with Crippen LogP contribution in [0.3, 0.4) is 0 Å². The first kappa shape index (κ1) is 25.7. The summed E-state index contributed by atoms with van der Waals surface area (Å²) in [6, 6.07) is 9.37. The van der Waals surface area contributed by atoms with Gasteiger partial charge in [-0.2, -0.15) is 13.2 Å². The van der Waals surface area contributed by atoms with Gasteiger partial charge in [0.25, 0.3) is 0 Å². The standard InChI is InChI=1S/C22H27F3N2O4S2/c1-32(28,29)19-10-6-17(7-11-19)21(27-14-4-2-3-5-15-27)16-26-33(30,31)20-12-8-18(9-13-20)22(23,24)25/h6-13,21,26H,2-5,14-16H2,1H3. The lowest BCUT2D eigenvalue weighted by molar-refractivity contribution is -0.137. The van der Waals surface area contributed by atoms with Gasteiger partial charge < -0.3 is 0 Å². The average molecular weight is 505 g/mol. The van der Waals surface area contributed by atoms with Gasteiger partial charge >= 0.3 is 6.18 Å². The molecule has 182 valence electrons. The fraction of sp³-hybridized carbons (Fsp3) is 0.455. The zero-order chi connectivity index (χ0) is 24.3. The van der Waals surface area contributed by atoms with Crippen molar-refractivity contribution in [3.8, 4) is 0 Å². The molecular weight excluding hydrogens is 477 g/mol. The number of alkyl halides is 3. The summed E-state index contributed by atoms with van der Waals surface area (Å²) in [5.74, 6) is 0. The highest BCUT2D eigenvalue weighted by Crippen LogP contribution is 2.30. The second kappa shape index (κ2) is 10.1. The third-order valence-corrected chi connectivity index (χ3v) is 8.30. The van der Waals surface area contributed by atoms with Crippen molar-refractivity contribution >= 4 is 19.9 Å². The summed E-state index contributed by atoms with van der Waals surface area (Å²) in [5.41, 5.74) is -0.158. The molecule has 1 aliphatic heterocycles. The predicted octanol–water partition coefficient (Wildman–Crippen LogP) is 4.00. The Morgan fingerprint density at radius 3 is 1.85 bits per heavy atom. The minimum absolute atomic E-state index is 0.00156. The number of nitrogens with zero attached hydrogens (tertiary/aromatic N) is 1. The fourth-order valence-electron chi connectivity index (χ4n) is 3.90. The molecule has 2 aromatic carbocycles. The van der Waals surface area contributed by atoms with E-state index < -0.39 is 31.6 Å². The Morgan fingerprint density at radius 1 is 0.848 bits per heavy atom. The number of hydrogen-bond donors (Lipinski definition) is 1. The maximum atomic E-state index is 12.8. The summed E-state index contributed by atoms with van der Waals surface area (Å²) in [6.07, 6.45) is 0.645. The number of sulfone groups is 1. The van der Waals surface area contributed by atoms with E-state index in [1.807, 2.05) is 0 Å². The van der Waals surface area contributed by atoms with Crippen LogP contribution in [0.15, 0.2) is 58.3 Å². The number of likely N-dealkylation sites (tertiary alicyclic amines) is 1. The van der Waals surface area contributed by atoms with Crippen LogP contribution >= 0.6 is 0 Å². The molecule has 0 spiro atoms. The Kier molecular flexibility index (Phi) is 7.87. The van der Waals surface area contributed by atoms with Crippen molar-refractivity contribution in [1.82, 2.24) is 9.62 Å². The van der Waals surface area contributed by atoms with E-state index >= 15 is 0 Å². The van der Waals surface area contributed by atoms with E-state index in [-0.39, 0.29) is 22.4 Å². The van der Waals surface area contributed by atoms with Gasteiger partial charge in [0.1, 0.15) is 0 Å². The number of benzene rings is 2. The first-order valence-corrected chi connectivity index (χ1v) is 14.0. The molecule has 1 saturated heterocycles. The molecule has 0 saturated carbocycles. The van der Waals surface area contributed by atoms with E-state index in [0.29, 0.717) is 0 Å². The van der Waals surface area contributed by atoms with E-state index in [4.69, 9.17) is 0 Å². The van der Waals surface area contributed by atoms with Crippen molar-refractivity contribution in [3.05, 3.63) is 59.7 Å². The van der Waals surface area contributed by atoms with Crippen LogP contribution < -0.4 is 4.72 Å². The van der Waals surface area contributed by atoms with Crippen LogP contribution in [0.25, 0.3) is 0 Å². The highest BCUT2D eigenvalue weighted by Gasteiger charge is 2.31. The van der Waals surface area contributed by atoms with Crippen LogP contribution in [0.4, 0.5) is 13.2 Å². The van der Waals surface area contributed by atoms with Crippen molar-refractivity contribution in [2.45, 2.75) is 47.7 Å². The number of hydrogen-bond acceptors (Lipinski definition) is 5. The number of halogens is 3. The van der Waals surface area contributed by atoms with Gasteiger partial charge in [0.2, 0.25) is 10.0 Å². The second-order valence-corrected chi connectivity index (χ2v) is 12.0. The summed E-state index contributed by atoms with van der Waals surface area (Å²) in [5, 5.41) is 0. The molecule has 33 heavy (non-hydrogen) atoms. The van der Waals surface area contributed by atoms with Gasteiger partial charge in [-0.1, -0.05) is 25.0 Å². The summed E-state index contributed by atoms with van der Waals surface area (Å²) >= 11 is 0. The Balaban J connectivity index is 1.83. The normalized spacial score (nSPS) is 17.5. The Bertz CT molecular complexity index is 1140. The zero-order valence-corrected chi connectivity index (χ0v) is 19.8. The molecule has 0 aliphatic carbocycles. The van der Waals surface area contributed by atoms with E-state index in [0.717, 1.165) is 74.9 Å². The molecule has 1 fully saturated rings. The third kappa shape index (κ3) is 6.78. The molecule has 1 aliphatic rings. The topological polar surface area (TPSA) is 83.5 Å². The van der Waals surface area contributed by atoms with E-state index in [1.54, 1.807) is 12.1 Å². The third-order valence-electron chi connectivity index (χ3n) is 5.73. The molecule has 11 heteroatoms. The van der Waals surface area contributed by atoms with Crippen LogP contribution in [0.1, 0.15) is 42.9 Å². The van der Waals surface area contributed by atoms with Crippen LogP contribution in [-0.2, 0) is 26.0 Å². The molecule has 0 amide bonds. The Morgan fingerprint density at radius 2 is 1.36 bits per heavy atom. The van der Waals surface area contributed by atoms with Crippen molar-refractivity contribution < 1.29 is 30.0 Å². The first-order chi connectivity index (χ1) is 15.4. The summed E-state index contributed by atoms with van der Waals surface area (Å²) in [4.78, 5) is 2.08. The molecule has 1 heterocycles. The molecule has 6 nitrogen and oxygen atoms in total. The summed E-state index contributed by atoms with van der Waals surface area (Å²) in [6.45, 7) is 1.53. The van der Waals surface area contributed by atoms with Gasteiger partial charge in [-0.25, -0.2) is 21.6 Å². The number of rotatable bonds is 7. The highest BCUT2D eigenvalue weighted by atomic mass is 32.2. The van der Waals surface area contributed by atoms with Crippen molar-refractivity contribution in [1.29, 1.82) is 0 Å². The van der Waals surface area contributed by atoms with Gasteiger partial charge in [-0.15, -0.1) is 0 Å². The summed E-state index contributed by atoms with van der Waals surface area (Å²) in [7, 11) is -7.41. The lowest BCUT2D eigenvalue weighted by Gasteiger charge is -2.31. The molecule has 3 rings (SSSR count). The summed E-state index contributed by atoms with van der Waals surface area (Å²) < 4.78 is 90.0. The van der Waals surface area contributed by atoms with E-state index in [1.165, 1.54) is 12.1 Å². The number of sulfonamides is 1.